The van der Waals surface area contributed by atoms with E-state index in [0.29, 0.717) is 0 Å². The Bertz CT molecular complexity index is 551. The van der Waals surface area contributed by atoms with Gasteiger partial charge in [0.1, 0.15) is 0 Å². The predicted octanol–water partition coefficient (Wildman–Crippen LogP) is 4.59. The van der Waals surface area contributed by atoms with Crippen molar-refractivity contribution in [1.29, 1.82) is 0 Å². The summed E-state index contributed by atoms with van der Waals surface area (Å²) in [6.07, 6.45) is 3.99. The molecule has 1 N–H and O–H groups in total. The van der Waals surface area contributed by atoms with Crippen LogP contribution >= 0.6 is 11.3 Å². The maximum Gasteiger partial charge on any atom is 0.0349 e. The van der Waals surface area contributed by atoms with Gasteiger partial charge in [0.05, 0.1) is 0 Å². The zero-order chi connectivity index (χ0) is 12.5. The summed E-state index contributed by atoms with van der Waals surface area (Å²) in [5, 5.41) is 5.08. The van der Waals surface area contributed by atoms with E-state index in [1.165, 1.54) is 34.9 Å². The van der Waals surface area contributed by atoms with Crippen LogP contribution in [0.1, 0.15) is 48.1 Å². The topological polar surface area (TPSA) is 12.0 Å². The Labute approximate surface area is 113 Å². The minimum atomic E-state index is 0.846. The molecular formula is C16H21NS. The van der Waals surface area contributed by atoms with Crippen molar-refractivity contribution in [2.24, 2.45) is 0 Å². The Hall–Kier alpha value is -0.860. The second-order valence-corrected chi connectivity index (χ2v) is 6.53. The highest BCUT2D eigenvalue weighted by molar-refractivity contribution is 7.19. The fourth-order valence-corrected chi connectivity index (χ4v) is 3.85. The molecule has 3 rings (SSSR count). The van der Waals surface area contributed by atoms with Gasteiger partial charge in [0.2, 0.25) is 0 Å². The molecule has 2 aromatic rings. The first-order valence-electron chi connectivity index (χ1n) is 7.02. The molecule has 1 aliphatic rings. The fourth-order valence-electron chi connectivity index (χ4n) is 2.61. The van der Waals surface area contributed by atoms with Crippen LogP contribution < -0.4 is 5.32 Å². The van der Waals surface area contributed by atoms with E-state index in [2.05, 4.69) is 37.4 Å². The molecular weight excluding hydrogens is 238 g/mol. The third kappa shape index (κ3) is 2.32. The third-order valence-corrected chi connectivity index (χ3v) is 4.84. The molecule has 0 aliphatic heterocycles. The Kier molecular flexibility index (Phi) is 3.40. The largest absolute Gasteiger partial charge is 0.312 e. The van der Waals surface area contributed by atoms with Gasteiger partial charge in [0.15, 0.2) is 0 Å². The number of thiophene rings is 1. The zero-order valence-corrected chi connectivity index (χ0v) is 12.1. The number of benzene rings is 1. The number of nitrogens with one attached hydrogen (secondary N) is 1. The van der Waals surface area contributed by atoms with E-state index in [9.17, 15) is 0 Å². The van der Waals surface area contributed by atoms with Crippen LogP contribution in [0, 0.1) is 6.92 Å². The van der Waals surface area contributed by atoms with Gasteiger partial charge in [-0.3, -0.25) is 0 Å². The molecule has 0 saturated heterocycles. The Balaban J connectivity index is 1.98. The molecule has 0 radical (unpaired) electrons. The summed E-state index contributed by atoms with van der Waals surface area (Å²) in [6.45, 7) is 6.60. The van der Waals surface area contributed by atoms with Gasteiger partial charge in [-0.15, -0.1) is 11.3 Å². The lowest BCUT2D eigenvalue weighted by atomic mass is 10.0. The van der Waals surface area contributed by atoms with E-state index in [4.69, 9.17) is 0 Å². The van der Waals surface area contributed by atoms with Crippen molar-refractivity contribution in [2.75, 3.05) is 6.54 Å². The van der Waals surface area contributed by atoms with Gasteiger partial charge in [-0.05, 0) is 55.7 Å². The molecule has 96 valence electrons. The number of fused-ring (bicyclic) bond motifs is 1. The Morgan fingerprint density at radius 2 is 2.17 bits per heavy atom. The van der Waals surface area contributed by atoms with Gasteiger partial charge in [-0.25, -0.2) is 0 Å². The molecule has 0 unspecified atom stereocenters. The number of hydrogen-bond acceptors (Lipinski definition) is 2. The van der Waals surface area contributed by atoms with Crippen molar-refractivity contribution in [3.8, 4) is 0 Å². The van der Waals surface area contributed by atoms with Gasteiger partial charge in [0.25, 0.3) is 0 Å². The SMILES string of the molecule is CCCNCc1sc2ccc(C)cc2c1C1CC1. The van der Waals surface area contributed by atoms with E-state index in [1.807, 2.05) is 11.3 Å². The summed E-state index contributed by atoms with van der Waals surface area (Å²) in [5.41, 5.74) is 3.04. The number of aryl methyl sites for hydroxylation is 1. The molecule has 1 aromatic carbocycles. The molecule has 0 atom stereocenters. The van der Waals surface area contributed by atoms with Gasteiger partial charge < -0.3 is 5.32 Å². The first kappa shape index (κ1) is 12.2. The normalized spacial score (nSPS) is 15.4. The molecule has 18 heavy (non-hydrogen) atoms. The third-order valence-electron chi connectivity index (χ3n) is 3.66. The second-order valence-electron chi connectivity index (χ2n) is 5.39. The quantitative estimate of drug-likeness (QED) is 0.775. The Morgan fingerprint density at radius 3 is 2.89 bits per heavy atom. The van der Waals surface area contributed by atoms with Gasteiger partial charge in [0, 0.05) is 16.1 Å². The summed E-state index contributed by atoms with van der Waals surface area (Å²) < 4.78 is 1.47. The number of rotatable bonds is 5. The van der Waals surface area contributed by atoms with E-state index in [1.54, 1.807) is 10.4 Å². The van der Waals surface area contributed by atoms with Crippen molar-refractivity contribution < 1.29 is 0 Å². The van der Waals surface area contributed by atoms with Crippen LogP contribution in [0.2, 0.25) is 0 Å². The predicted molar refractivity (Wildman–Crippen MR) is 80.5 cm³/mol. The highest BCUT2D eigenvalue weighted by Gasteiger charge is 2.29. The molecule has 1 saturated carbocycles. The van der Waals surface area contributed by atoms with Crippen molar-refractivity contribution in [1.82, 2.24) is 5.32 Å². The van der Waals surface area contributed by atoms with Crippen LogP contribution in [0.4, 0.5) is 0 Å². The van der Waals surface area contributed by atoms with Crippen LogP contribution in [0.25, 0.3) is 10.1 Å². The lowest BCUT2D eigenvalue weighted by Crippen LogP contribution is -2.13. The van der Waals surface area contributed by atoms with Crippen LogP contribution in [0.3, 0.4) is 0 Å². The monoisotopic (exact) mass is 259 g/mol. The van der Waals surface area contributed by atoms with E-state index in [0.717, 1.165) is 19.0 Å². The van der Waals surface area contributed by atoms with Crippen LogP contribution in [-0.2, 0) is 6.54 Å². The summed E-state index contributed by atoms with van der Waals surface area (Å²) in [5.74, 6) is 0.846. The molecule has 1 fully saturated rings. The van der Waals surface area contributed by atoms with Crippen LogP contribution in [0.5, 0.6) is 0 Å². The zero-order valence-electron chi connectivity index (χ0n) is 11.3. The molecule has 2 heteroatoms. The lowest BCUT2D eigenvalue weighted by molar-refractivity contribution is 0.678. The average molecular weight is 259 g/mol. The van der Waals surface area contributed by atoms with Gasteiger partial charge >= 0.3 is 0 Å². The maximum atomic E-state index is 3.56. The van der Waals surface area contributed by atoms with Gasteiger partial charge in [-0.2, -0.15) is 0 Å². The van der Waals surface area contributed by atoms with Crippen molar-refractivity contribution >= 4 is 21.4 Å². The molecule has 0 amide bonds. The smallest absolute Gasteiger partial charge is 0.0349 e. The van der Waals surface area contributed by atoms with Crippen molar-refractivity contribution in [3.63, 3.8) is 0 Å². The molecule has 1 heterocycles. The highest BCUT2D eigenvalue weighted by atomic mass is 32.1. The standard InChI is InChI=1S/C16H21NS/c1-3-8-17-10-15-16(12-5-6-12)13-9-11(2)4-7-14(13)18-15/h4,7,9,12,17H,3,5-6,8,10H2,1-2H3. The summed E-state index contributed by atoms with van der Waals surface area (Å²) >= 11 is 1.99. The minimum absolute atomic E-state index is 0.846. The molecule has 1 nitrogen and oxygen atoms in total. The summed E-state index contributed by atoms with van der Waals surface area (Å²) in [7, 11) is 0. The van der Waals surface area contributed by atoms with Crippen LogP contribution in [0.15, 0.2) is 18.2 Å². The number of hydrogen-bond donors (Lipinski definition) is 1. The first-order valence-corrected chi connectivity index (χ1v) is 7.84. The minimum Gasteiger partial charge on any atom is -0.312 e. The molecule has 0 spiro atoms. The second kappa shape index (κ2) is 5.02. The molecule has 1 aromatic heterocycles. The Morgan fingerprint density at radius 1 is 1.33 bits per heavy atom. The van der Waals surface area contributed by atoms with E-state index >= 15 is 0 Å². The maximum absolute atomic E-state index is 3.56. The van der Waals surface area contributed by atoms with Crippen molar-refractivity contribution in [3.05, 3.63) is 34.2 Å². The first-order chi connectivity index (χ1) is 8.79. The van der Waals surface area contributed by atoms with Crippen molar-refractivity contribution in [2.45, 2.75) is 45.6 Å². The summed E-state index contributed by atoms with van der Waals surface area (Å²) in [4.78, 5) is 1.58. The highest BCUT2D eigenvalue weighted by Crippen LogP contribution is 2.48. The lowest BCUT2D eigenvalue weighted by Gasteiger charge is -2.04. The van der Waals surface area contributed by atoms with Gasteiger partial charge in [-0.1, -0.05) is 24.6 Å². The summed E-state index contributed by atoms with van der Waals surface area (Å²) in [6, 6.07) is 6.91. The molecule has 1 aliphatic carbocycles. The fraction of sp³-hybridized carbons (Fsp3) is 0.500. The van der Waals surface area contributed by atoms with Crippen LogP contribution in [-0.4, -0.2) is 6.54 Å². The van der Waals surface area contributed by atoms with E-state index in [-0.39, 0.29) is 0 Å². The van der Waals surface area contributed by atoms with E-state index < -0.39 is 0 Å². The molecule has 0 bridgehead atoms. The average Bonchev–Trinajstić information content (AvgIpc) is 3.12.